The first kappa shape index (κ1) is 21.3. The molecule has 0 aliphatic heterocycles. The van der Waals surface area contributed by atoms with E-state index in [0.29, 0.717) is 11.1 Å². The van der Waals surface area contributed by atoms with Crippen molar-refractivity contribution in [3.8, 4) is 6.07 Å². The predicted octanol–water partition coefficient (Wildman–Crippen LogP) is 6.90. The van der Waals surface area contributed by atoms with Crippen molar-refractivity contribution < 1.29 is 22.0 Å². The maximum Gasteiger partial charge on any atom is 0.396 e. The van der Waals surface area contributed by atoms with Gasteiger partial charge < -0.3 is 0 Å². The molecule has 0 aromatic heterocycles. The van der Waals surface area contributed by atoms with Crippen LogP contribution in [0.1, 0.15) is 33.7 Å². The second-order valence-electron chi connectivity index (χ2n) is 6.76. The van der Waals surface area contributed by atoms with Crippen LogP contribution in [0.3, 0.4) is 0 Å². The van der Waals surface area contributed by atoms with Crippen molar-refractivity contribution in [2.75, 3.05) is 0 Å². The fourth-order valence-electron chi connectivity index (χ4n) is 3.10. The molecule has 3 aromatic rings. The van der Waals surface area contributed by atoms with E-state index in [-0.39, 0.29) is 17.5 Å². The Hall–Kier alpha value is -3.46. The lowest BCUT2D eigenvalue weighted by atomic mass is 9.91. The van der Waals surface area contributed by atoms with Crippen LogP contribution in [0.5, 0.6) is 0 Å². The fraction of sp³-hybridized carbons (Fsp3) is 0.125. The van der Waals surface area contributed by atoms with Crippen molar-refractivity contribution in [2.24, 2.45) is 0 Å². The first-order valence-electron chi connectivity index (χ1n) is 9.06. The molecule has 0 spiro atoms. The summed E-state index contributed by atoms with van der Waals surface area (Å²) in [7, 11) is 0. The quantitative estimate of drug-likeness (QED) is 0.330. The van der Waals surface area contributed by atoms with E-state index in [1.54, 1.807) is 48.5 Å². The Morgan fingerprint density at radius 2 is 1.40 bits per heavy atom. The smallest absolute Gasteiger partial charge is 0.205 e. The Morgan fingerprint density at radius 3 is 1.93 bits per heavy atom. The molecule has 0 fully saturated rings. The van der Waals surface area contributed by atoms with Gasteiger partial charge in [-0.3, -0.25) is 0 Å². The van der Waals surface area contributed by atoms with Crippen LogP contribution in [0.4, 0.5) is 22.0 Å². The molecule has 3 rings (SSSR count). The summed E-state index contributed by atoms with van der Waals surface area (Å²) in [5, 5.41) is 8.69. The number of rotatable bonds is 5. The van der Waals surface area contributed by atoms with E-state index in [1.807, 2.05) is 0 Å². The molecule has 0 saturated heterocycles. The molecule has 0 heterocycles. The Morgan fingerprint density at radius 1 is 0.833 bits per heavy atom. The monoisotopic (exact) mass is 413 g/mol. The largest absolute Gasteiger partial charge is 0.396 e. The summed E-state index contributed by atoms with van der Waals surface area (Å²) in [6.07, 6.45) is -1.51. The number of hydrogen-bond donors (Lipinski definition) is 0. The summed E-state index contributed by atoms with van der Waals surface area (Å²) >= 11 is 0. The minimum absolute atomic E-state index is 0.191. The normalized spacial score (nSPS) is 12.7. The predicted molar refractivity (Wildman–Crippen MR) is 105 cm³/mol. The molecule has 0 aliphatic rings. The SMILES string of the molecule is N#Cc1c(F)cc(/C=C/c2ccc(CC(c3ccccc3)C(F)(F)F)cc2)cc1F. The van der Waals surface area contributed by atoms with Gasteiger partial charge in [-0.05, 0) is 40.8 Å². The lowest BCUT2D eigenvalue weighted by Crippen LogP contribution is -2.22. The van der Waals surface area contributed by atoms with E-state index in [2.05, 4.69) is 0 Å². The van der Waals surface area contributed by atoms with Gasteiger partial charge in [0.05, 0.1) is 5.92 Å². The number of alkyl halides is 3. The first-order valence-corrected chi connectivity index (χ1v) is 9.06. The Balaban J connectivity index is 1.76. The van der Waals surface area contributed by atoms with E-state index >= 15 is 0 Å². The van der Waals surface area contributed by atoms with Crippen molar-refractivity contribution in [1.82, 2.24) is 0 Å². The van der Waals surface area contributed by atoms with Gasteiger partial charge in [0.25, 0.3) is 0 Å². The van der Waals surface area contributed by atoms with Crippen molar-refractivity contribution >= 4 is 12.2 Å². The highest BCUT2D eigenvalue weighted by molar-refractivity contribution is 5.70. The van der Waals surface area contributed by atoms with Gasteiger partial charge >= 0.3 is 6.18 Å². The summed E-state index contributed by atoms with van der Waals surface area (Å²) < 4.78 is 67.8. The third-order valence-electron chi connectivity index (χ3n) is 4.66. The molecule has 152 valence electrons. The van der Waals surface area contributed by atoms with Crippen LogP contribution in [0.25, 0.3) is 12.2 Å². The second-order valence-corrected chi connectivity index (χ2v) is 6.76. The number of benzene rings is 3. The van der Waals surface area contributed by atoms with Crippen LogP contribution in [0.15, 0.2) is 66.7 Å². The molecule has 6 heteroatoms. The van der Waals surface area contributed by atoms with Crippen LogP contribution in [0, 0.1) is 23.0 Å². The second kappa shape index (κ2) is 8.91. The average molecular weight is 413 g/mol. The number of nitrogens with zero attached hydrogens (tertiary/aromatic N) is 1. The zero-order chi connectivity index (χ0) is 21.7. The zero-order valence-electron chi connectivity index (χ0n) is 15.6. The Labute approximate surface area is 170 Å². The van der Waals surface area contributed by atoms with Gasteiger partial charge in [0.2, 0.25) is 0 Å². The molecule has 0 aliphatic carbocycles. The molecule has 1 nitrogen and oxygen atoms in total. The maximum absolute atomic E-state index is 13.7. The van der Waals surface area contributed by atoms with Gasteiger partial charge in [-0.1, -0.05) is 66.7 Å². The molecule has 0 N–H and O–H groups in total. The molecule has 3 aromatic carbocycles. The summed E-state index contributed by atoms with van der Waals surface area (Å²) in [4.78, 5) is 0. The van der Waals surface area contributed by atoms with Crippen LogP contribution in [-0.2, 0) is 6.42 Å². The van der Waals surface area contributed by atoms with E-state index in [9.17, 15) is 22.0 Å². The Bertz CT molecular complexity index is 1050. The lowest BCUT2D eigenvalue weighted by Gasteiger charge is -2.21. The Kier molecular flexibility index (Phi) is 6.31. The summed E-state index contributed by atoms with van der Waals surface area (Å²) in [6, 6.07) is 17.8. The molecule has 30 heavy (non-hydrogen) atoms. The number of hydrogen-bond acceptors (Lipinski definition) is 1. The summed E-state index contributed by atoms with van der Waals surface area (Å²) in [5.74, 6) is -3.51. The van der Waals surface area contributed by atoms with Crippen molar-refractivity contribution in [2.45, 2.75) is 18.5 Å². The highest BCUT2D eigenvalue weighted by Gasteiger charge is 2.40. The summed E-state index contributed by atoms with van der Waals surface area (Å²) in [6.45, 7) is 0. The molecule has 1 unspecified atom stereocenters. The number of nitriles is 1. The fourth-order valence-corrected chi connectivity index (χ4v) is 3.10. The van der Waals surface area contributed by atoms with Gasteiger partial charge in [0.15, 0.2) is 0 Å². The van der Waals surface area contributed by atoms with Crippen LogP contribution < -0.4 is 0 Å². The standard InChI is InChI=1S/C24H16F5N/c25-22-13-18(14-23(26)20(22)15-30)11-8-16-6-9-17(10-7-16)12-21(24(27,28)29)19-4-2-1-3-5-19/h1-11,13-14,21H,12H2/b11-8+. The molecule has 0 saturated carbocycles. The van der Waals surface area contributed by atoms with Crippen molar-refractivity contribution in [1.29, 1.82) is 5.26 Å². The minimum atomic E-state index is -4.37. The third kappa shape index (κ3) is 5.12. The summed E-state index contributed by atoms with van der Waals surface area (Å²) in [5.41, 5.74) is 0.975. The average Bonchev–Trinajstić information content (AvgIpc) is 2.71. The van der Waals surface area contributed by atoms with Crippen LogP contribution >= 0.6 is 0 Å². The van der Waals surface area contributed by atoms with E-state index in [1.165, 1.54) is 24.3 Å². The van der Waals surface area contributed by atoms with Gasteiger partial charge in [-0.15, -0.1) is 0 Å². The topological polar surface area (TPSA) is 23.8 Å². The van der Waals surface area contributed by atoms with Crippen molar-refractivity contribution in [3.05, 3.63) is 106 Å². The third-order valence-corrected chi connectivity index (χ3v) is 4.66. The van der Waals surface area contributed by atoms with Gasteiger partial charge in [-0.25, -0.2) is 8.78 Å². The van der Waals surface area contributed by atoms with Crippen molar-refractivity contribution in [3.63, 3.8) is 0 Å². The molecule has 1 atom stereocenters. The van der Waals surface area contributed by atoms with E-state index in [4.69, 9.17) is 5.26 Å². The van der Waals surface area contributed by atoms with Gasteiger partial charge in [0, 0.05) is 0 Å². The minimum Gasteiger partial charge on any atom is -0.205 e. The van der Waals surface area contributed by atoms with Gasteiger partial charge in [0.1, 0.15) is 23.3 Å². The first-order chi connectivity index (χ1) is 14.3. The molecule has 0 radical (unpaired) electrons. The van der Waals surface area contributed by atoms with Crippen LogP contribution in [-0.4, -0.2) is 6.18 Å². The number of halogens is 5. The molecule has 0 amide bonds. The van der Waals surface area contributed by atoms with Crippen LogP contribution in [0.2, 0.25) is 0 Å². The highest BCUT2D eigenvalue weighted by Crippen LogP contribution is 2.37. The molecular weight excluding hydrogens is 397 g/mol. The van der Waals surface area contributed by atoms with E-state index < -0.39 is 29.3 Å². The zero-order valence-corrected chi connectivity index (χ0v) is 15.6. The van der Waals surface area contributed by atoms with Gasteiger partial charge in [-0.2, -0.15) is 18.4 Å². The molecular formula is C24H16F5N. The lowest BCUT2D eigenvalue weighted by molar-refractivity contribution is -0.150. The molecule has 0 bridgehead atoms. The maximum atomic E-state index is 13.7. The highest BCUT2D eigenvalue weighted by atomic mass is 19.4. The van der Waals surface area contributed by atoms with E-state index in [0.717, 1.165) is 12.1 Å².